The third-order valence-electron chi connectivity index (χ3n) is 6.43. The Kier molecular flexibility index (Phi) is 8.93. The smallest absolute Gasteiger partial charge is 0.313 e. The van der Waals surface area contributed by atoms with Gasteiger partial charge in [0.05, 0.1) is 24.9 Å². The SMILES string of the molecule is CCOC(=O)C(Cc1ccc2ccc(C(=N)N)cc2c1)c1ccc(O[C@H]2CCN(C(C)=N)C2)cc1.Cl. The second-order valence-electron chi connectivity index (χ2n) is 8.95. The number of hydrogen-bond donors (Lipinski definition) is 3. The molecule has 3 aromatic rings. The summed E-state index contributed by atoms with van der Waals surface area (Å²) in [6.45, 7) is 5.48. The summed E-state index contributed by atoms with van der Waals surface area (Å²) < 4.78 is 11.5. The molecule has 0 amide bonds. The zero-order valence-corrected chi connectivity index (χ0v) is 21.4. The number of rotatable bonds is 8. The van der Waals surface area contributed by atoms with E-state index in [1.165, 1.54) is 0 Å². The molecule has 0 bridgehead atoms. The molecule has 2 atom stereocenters. The van der Waals surface area contributed by atoms with E-state index < -0.39 is 5.92 Å². The van der Waals surface area contributed by atoms with Crippen molar-refractivity contribution >= 4 is 40.8 Å². The number of fused-ring (bicyclic) bond motifs is 1. The number of nitrogens with zero attached hydrogens (tertiary/aromatic N) is 1. The van der Waals surface area contributed by atoms with E-state index in [0.717, 1.165) is 47.2 Å². The lowest BCUT2D eigenvalue weighted by Crippen LogP contribution is -2.28. The van der Waals surface area contributed by atoms with Gasteiger partial charge in [-0.3, -0.25) is 15.6 Å². The molecular weight excluding hydrogens is 476 g/mol. The average molecular weight is 509 g/mol. The van der Waals surface area contributed by atoms with Gasteiger partial charge >= 0.3 is 5.97 Å². The van der Waals surface area contributed by atoms with Crippen LogP contribution in [0.25, 0.3) is 10.8 Å². The van der Waals surface area contributed by atoms with Crippen LogP contribution in [0.3, 0.4) is 0 Å². The summed E-state index contributed by atoms with van der Waals surface area (Å²) in [5.74, 6) is 0.650. The number of esters is 1. The normalized spacial score (nSPS) is 15.7. The largest absolute Gasteiger partial charge is 0.489 e. The molecule has 0 aromatic heterocycles. The monoisotopic (exact) mass is 508 g/mol. The quantitative estimate of drug-likeness (QED) is 0.228. The molecule has 3 aromatic carbocycles. The summed E-state index contributed by atoms with van der Waals surface area (Å²) in [4.78, 5) is 14.9. The second-order valence-corrected chi connectivity index (χ2v) is 8.95. The van der Waals surface area contributed by atoms with Gasteiger partial charge < -0.3 is 20.1 Å². The van der Waals surface area contributed by atoms with E-state index in [0.29, 0.717) is 24.4 Å². The molecule has 1 aliphatic heterocycles. The Hall–Kier alpha value is -3.58. The molecule has 1 unspecified atom stereocenters. The number of nitrogen functional groups attached to an aromatic ring is 1. The van der Waals surface area contributed by atoms with E-state index >= 15 is 0 Å². The highest BCUT2D eigenvalue weighted by Crippen LogP contribution is 2.28. The summed E-state index contributed by atoms with van der Waals surface area (Å²) in [5, 5.41) is 17.5. The van der Waals surface area contributed by atoms with Crippen molar-refractivity contribution in [2.75, 3.05) is 19.7 Å². The van der Waals surface area contributed by atoms with Crippen LogP contribution < -0.4 is 10.5 Å². The van der Waals surface area contributed by atoms with Gasteiger partial charge in [0.15, 0.2) is 0 Å². The molecule has 0 radical (unpaired) electrons. The number of hydrogen-bond acceptors (Lipinski definition) is 5. The van der Waals surface area contributed by atoms with Gasteiger partial charge in [0.1, 0.15) is 17.7 Å². The Morgan fingerprint density at radius 1 is 1.08 bits per heavy atom. The minimum absolute atomic E-state index is 0. The minimum Gasteiger partial charge on any atom is -0.489 e. The highest BCUT2D eigenvalue weighted by molar-refractivity contribution is 5.99. The first-order valence-corrected chi connectivity index (χ1v) is 11.9. The van der Waals surface area contributed by atoms with Gasteiger partial charge in [-0.15, -0.1) is 12.4 Å². The van der Waals surface area contributed by atoms with E-state index in [2.05, 4.69) is 0 Å². The van der Waals surface area contributed by atoms with Crippen LogP contribution >= 0.6 is 12.4 Å². The zero-order valence-electron chi connectivity index (χ0n) is 20.6. The Labute approximate surface area is 218 Å². The number of likely N-dealkylation sites (tertiary alicyclic amines) is 1. The molecule has 1 aliphatic rings. The fraction of sp³-hybridized carbons (Fsp3) is 0.321. The van der Waals surface area contributed by atoms with Crippen molar-refractivity contribution in [3.05, 3.63) is 77.4 Å². The predicted molar refractivity (Wildman–Crippen MR) is 146 cm³/mol. The van der Waals surface area contributed by atoms with Crippen molar-refractivity contribution in [1.29, 1.82) is 10.8 Å². The van der Waals surface area contributed by atoms with Crippen molar-refractivity contribution in [2.45, 2.75) is 38.7 Å². The molecule has 7 nitrogen and oxygen atoms in total. The molecule has 1 saturated heterocycles. The maximum absolute atomic E-state index is 12.9. The van der Waals surface area contributed by atoms with Crippen LogP contribution in [0.5, 0.6) is 5.75 Å². The zero-order chi connectivity index (χ0) is 24.9. The standard InChI is InChI=1S/C28H32N4O3.ClH/c1-3-34-28(33)26(15-19-4-5-20-6-7-22(27(30)31)16-23(20)14-19)21-8-10-24(11-9-21)35-25-12-13-32(17-25)18(2)29;/h4-11,14,16,25-26,29H,3,12-13,15,17H2,1-2H3,(H3,30,31);1H/t25-,26?;/m0./s1. The first-order valence-electron chi connectivity index (χ1n) is 11.9. The Morgan fingerprint density at radius 2 is 1.81 bits per heavy atom. The van der Waals surface area contributed by atoms with Gasteiger partial charge in [0.25, 0.3) is 0 Å². The summed E-state index contributed by atoms with van der Waals surface area (Å²) in [6.07, 6.45) is 1.44. The predicted octanol–water partition coefficient (Wildman–Crippen LogP) is 4.89. The molecule has 4 N–H and O–H groups in total. The molecule has 1 heterocycles. The van der Waals surface area contributed by atoms with Gasteiger partial charge in [-0.2, -0.15) is 0 Å². The van der Waals surface area contributed by atoms with E-state index in [9.17, 15) is 4.79 Å². The fourth-order valence-electron chi connectivity index (χ4n) is 4.51. The van der Waals surface area contributed by atoms with E-state index in [1.807, 2.05) is 72.5 Å². The summed E-state index contributed by atoms with van der Waals surface area (Å²) in [5.41, 5.74) is 8.21. The summed E-state index contributed by atoms with van der Waals surface area (Å²) in [7, 11) is 0. The number of halogens is 1. The van der Waals surface area contributed by atoms with Crippen LogP contribution in [-0.4, -0.2) is 48.3 Å². The van der Waals surface area contributed by atoms with Crippen molar-refractivity contribution in [3.8, 4) is 5.75 Å². The van der Waals surface area contributed by atoms with Crippen LogP contribution in [0.15, 0.2) is 60.7 Å². The number of benzene rings is 3. The first-order chi connectivity index (χ1) is 16.8. The van der Waals surface area contributed by atoms with Crippen LogP contribution in [0.4, 0.5) is 0 Å². The van der Waals surface area contributed by atoms with Gasteiger partial charge in [0.2, 0.25) is 0 Å². The topological polar surface area (TPSA) is 112 Å². The maximum atomic E-state index is 12.9. The molecule has 0 aliphatic carbocycles. The van der Waals surface area contributed by atoms with Crippen LogP contribution in [0.1, 0.15) is 42.9 Å². The molecule has 190 valence electrons. The minimum atomic E-state index is -0.444. The Morgan fingerprint density at radius 3 is 2.44 bits per heavy atom. The molecule has 36 heavy (non-hydrogen) atoms. The third-order valence-corrected chi connectivity index (χ3v) is 6.43. The van der Waals surface area contributed by atoms with Gasteiger partial charge in [-0.05, 0) is 60.4 Å². The fourth-order valence-corrected chi connectivity index (χ4v) is 4.51. The molecule has 4 rings (SSSR count). The number of nitrogens with one attached hydrogen (secondary N) is 2. The lowest BCUT2D eigenvalue weighted by atomic mass is 9.91. The number of amidine groups is 2. The second kappa shape index (κ2) is 11.9. The van der Waals surface area contributed by atoms with Gasteiger partial charge in [-0.25, -0.2) is 0 Å². The maximum Gasteiger partial charge on any atom is 0.313 e. The Balaban J connectivity index is 0.00000361. The van der Waals surface area contributed by atoms with Gasteiger partial charge in [-0.1, -0.05) is 42.5 Å². The third kappa shape index (κ3) is 6.34. The van der Waals surface area contributed by atoms with E-state index in [1.54, 1.807) is 6.92 Å². The molecule has 0 saturated carbocycles. The summed E-state index contributed by atoms with van der Waals surface area (Å²) >= 11 is 0. The molecular formula is C28H33ClN4O3. The lowest BCUT2D eigenvalue weighted by Gasteiger charge is -2.19. The van der Waals surface area contributed by atoms with E-state index in [-0.39, 0.29) is 30.3 Å². The molecule has 8 heteroatoms. The number of nitrogens with two attached hydrogens (primary N) is 1. The highest BCUT2D eigenvalue weighted by atomic mass is 35.5. The van der Waals surface area contributed by atoms with Crippen molar-refractivity contribution in [1.82, 2.24) is 4.90 Å². The number of carbonyl (C=O) groups is 1. The number of carbonyl (C=O) groups excluding carboxylic acids is 1. The lowest BCUT2D eigenvalue weighted by molar-refractivity contribution is -0.144. The first kappa shape index (κ1) is 27.0. The average Bonchev–Trinajstić information content (AvgIpc) is 3.31. The van der Waals surface area contributed by atoms with Crippen molar-refractivity contribution in [2.24, 2.45) is 5.73 Å². The van der Waals surface area contributed by atoms with Gasteiger partial charge in [0, 0.05) is 18.5 Å². The van der Waals surface area contributed by atoms with Crippen LogP contribution in [-0.2, 0) is 16.0 Å². The molecule has 0 spiro atoms. The van der Waals surface area contributed by atoms with Crippen molar-refractivity contribution in [3.63, 3.8) is 0 Å². The number of ether oxygens (including phenoxy) is 2. The van der Waals surface area contributed by atoms with E-state index in [4.69, 9.17) is 26.0 Å². The summed E-state index contributed by atoms with van der Waals surface area (Å²) in [6, 6.07) is 19.4. The highest BCUT2D eigenvalue weighted by Gasteiger charge is 2.25. The van der Waals surface area contributed by atoms with Crippen LogP contribution in [0.2, 0.25) is 0 Å². The molecule has 1 fully saturated rings. The van der Waals surface area contributed by atoms with Crippen molar-refractivity contribution < 1.29 is 14.3 Å². The Bertz CT molecular complexity index is 1250. The van der Waals surface area contributed by atoms with Crippen LogP contribution in [0, 0.1) is 10.8 Å².